The highest BCUT2D eigenvalue weighted by Gasteiger charge is 2.31. The highest BCUT2D eigenvalue weighted by Crippen LogP contribution is 2.39. The monoisotopic (exact) mass is 337 g/mol. The molecule has 0 spiro atoms. The lowest BCUT2D eigenvalue weighted by atomic mass is 9.85. The van der Waals surface area contributed by atoms with E-state index < -0.39 is 0 Å². The molecular weight excluding hydrogens is 322 g/mol. The Morgan fingerprint density at radius 3 is 2.79 bits per heavy atom. The van der Waals surface area contributed by atoms with Gasteiger partial charge in [0, 0.05) is 22.9 Å². The number of carbonyl (C=O) groups is 1. The number of carbonyl (C=O) groups excluding carboxylic acids is 1. The predicted octanol–water partition coefficient (Wildman–Crippen LogP) is 4.31. The molecule has 4 rings (SSSR count). The molecule has 1 amide bonds. The normalized spacial score (nSPS) is 16.6. The summed E-state index contributed by atoms with van der Waals surface area (Å²) in [7, 11) is 0. The van der Waals surface area contributed by atoms with Crippen molar-refractivity contribution in [3.05, 3.63) is 76.4 Å². The van der Waals surface area contributed by atoms with E-state index in [1.807, 2.05) is 42.6 Å². The number of halogens is 1. The molecule has 1 N–H and O–H groups in total. The van der Waals surface area contributed by atoms with Gasteiger partial charge in [-0.25, -0.2) is 4.68 Å². The topological polar surface area (TPSA) is 46.9 Å². The molecule has 0 aliphatic carbocycles. The van der Waals surface area contributed by atoms with Gasteiger partial charge in [-0.1, -0.05) is 41.9 Å². The molecule has 0 unspecified atom stereocenters. The number of aryl methyl sites for hydroxylation is 1. The van der Waals surface area contributed by atoms with Crippen molar-refractivity contribution in [3.63, 3.8) is 0 Å². The fourth-order valence-electron chi connectivity index (χ4n) is 3.28. The van der Waals surface area contributed by atoms with Crippen LogP contribution in [0.2, 0.25) is 5.02 Å². The van der Waals surface area contributed by atoms with Crippen LogP contribution in [0.1, 0.15) is 29.0 Å². The van der Waals surface area contributed by atoms with E-state index in [1.165, 1.54) is 11.1 Å². The van der Waals surface area contributed by atoms with Gasteiger partial charge in [0.2, 0.25) is 5.91 Å². The first-order valence-corrected chi connectivity index (χ1v) is 8.20. The Morgan fingerprint density at radius 1 is 1.17 bits per heavy atom. The molecule has 0 radical (unpaired) electrons. The molecule has 0 fully saturated rings. The molecule has 0 bridgehead atoms. The van der Waals surface area contributed by atoms with Crippen LogP contribution >= 0.6 is 11.6 Å². The van der Waals surface area contributed by atoms with Gasteiger partial charge in [0.15, 0.2) is 0 Å². The van der Waals surface area contributed by atoms with Crippen molar-refractivity contribution in [2.45, 2.75) is 19.3 Å². The Kier molecular flexibility index (Phi) is 3.62. The summed E-state index contributed by atoms with van der Waals surface area (Å²) in [5.74, 6) is 0.740. The van der Waals surface area contributed by atoms with Gasteiger partial charge in [0.25, 0.3) is 0 Å². The number of amides is 1. The molecule has 0 saturated carbocycles. The molecule has 2 heterocycles. The van der Waals surface area contributed by atoms with E-state index in [-0.39, 0.29) is 11.8 Å². The summed E-state index contributed by atoms with van der Waals surface area (Å²) in [5, 5.41) is 8.09. The highest BCUT2D eigenvalue weighted by atomic mass is 35.5. The van der Waals surface area contributed by atoms with Gasteiger partial charge < -0.3 is 5.32 Å². The molecular formula is C19H16ClN3O. The number of hydrogen-bond donors (Lipinski definition) is 1. The number of aromatic nitrogens is 2. The number of hydrogen-bond acceptors (Lipinski definition) is 2. The van der Waals surface area contributed by atoms with Crippen molar-refractivity contribution >= 4 is 23.3 Å². The number of anilines is 1. The zero-order chi connectivity index (χ0) is 16.7. The van der Waals surface area contributed by atoms with Crippen molar-refractivity contribution in [1.82, 2.24) is 9.78 Å². The summed E-state index contributed by atoms with van der Waals surface area (Å²) in [5.41, 5.74) is 4.20. The van der Waals surface area contributed by atoms with Crippen molar-refractivity contribution in [2.75, 3.05) is 5.32 Å². The molecule has 24 heavy (non-hydrogen) atoms. The van der Waals surface area contributed by atoms with E-state index in [0.29, 0.717) is 11.4 Å². The molecule has 3 aromatic rings. The minimum absolute atomic E-state index is 0.000434. The smallest absolute Gasteiger partial charge is 0.226 e. The molecule has 1 aliphatic rings. The van der Waals surface area contributed by atoms with Crippen LogP contribution in [-0.2, 0) is 4.79 Å². The van der Waals surface area contributed by atoms with E-state index in [2.05, 4.69) is 29.5 Å². The maximum atomic E-state index is 12.3. The number of rotatable bonds is 2. The first kappa shape index (κ1) is 15.0. The SMILES string of the molecule is Cc1ccccc1[C@H]1CC(=O)Nc2c1cnn2-c1cccc(Cl)c1. The van der Waals surface area contributed by atoms with Gasteiger partial charge in [0.05, 0.1) is 11.9 Å². The molecule has 0 saturated heterocycles. The largest absolute Gasteiger partial charge is 0.310 e. The number of fused-ring (bicyclic) bond motifs is 1. The van der Waals surface area contributed by atoms with Crippen LogP contribution in [0, 0.1) is 6.92 Å². The molecule has 4 nitrogen and oxygen atoms in total. The van der Waals surface area contributed by atoms with E-state index in [4.69, 9.17) is 11.6 Å². The van der Waals surface area contributed by atoms with Gasteiger partial charge in [0.1, 0.15) is 5.82 Å². The van der Waals surface area contributed by atoms with Crippen molar-refractivity contribution in [3.8, 4) is 5.69 Å². The molecule has 1 aromatic heterocycles. The third-order valence-corrected chi connectivity index (χ3v) is 4.67. The second-order valence-corrected chi connectivity index (χ2v) is 6.44. The van der Waals surface area contributed by atoms with Crippen molar-refractivity contribution < 1.29 is 4.79 Å². The van der Waals surface area contributed by atoms with Gasteiger partial charge in [-0.3, -0.25) is 4.79 Å². The number of nitrogens with one attached hydrogen (secondary N) is 1. The van der Waals surface area contributed by atoms with E-state index in [0.717, 1.165) is 17.1 Å². The van der Waals surface area contributed by atoms with Gasteiger partial charge in [-0.2, -0.15) is 5.10 Å². The summed E-state index contributed by atoms with van der Waals surface area (Å²) < 4.78 is 1.74. The molecule has 1 aliphatic heterocycles. The lowest BCUT2D eigenvalue weighted by Crippen LogP contribution is -2.25. The highest BCUT2D eigenvalue weighted by molar-refractivity contribution is 6.30. The maximum absolute atomic E-state index is 12.3. The number of benzene rings is 2. The Balaban J connectivity index is 1.85. The molecule has 2 aromatic carbocycles. The van der Waals surface area contributed by atoms with Crippen LogP contribution in [0.3, 0.4) is 0 Å². The van der Waals surface area contributed by atoms with E-state index >= 15 is 0 Å². The minimum Gasteiger partial charge on any atom is -0.310 e. The second-order valence-electron chi connectivity index (χ2n) is 6.00. The summed E-state index contributed by atoms with van der Waals surface area (Å²) in [6.07, 6.45) is 2.27. The summed E-state index contributed by atoms with van der Waals surface area (Å²) in [6, 6.07) is 15.6. The third-order valence-electron chi connectivity index (χ3n) is 4.44. The molecule has 1 atom stereocenters. The van der Waals surface area contributed by atoms with Gasteiger partial charge in [-0.05, 0) is 36.2 Å². The van der Waals surface area contributed by atoms with Gasteiger partial charge >= 0.3 is 0 Å². The predicted molar refractivity (Wildman–Crippen MR) is 94.8 cm³/mol. The van der Waals surface area contributed by atoms with Crippen molar-refractivity contribution in [1.29, 1.82) is 0 Å². The van der Waals surface area contributed by atoms with Crippen LogP contribution in [0.4, 0.5) is 5.82 Å². The Bertz CT molecular complexity index is 932. The molecule has 5 heteroatoms. The van der Waals surface area contributed by atoms with Crippen molar-refractivity contribution in [2.24, 2.45) is 0 Å². The fraction of sp³-hybridized carbons (Fsp3) is 0.158. The summed E-state index contributed by atoms with van der Waals surface area (Å²) >= 11 is 6.09. The lowest BCUT2D eigenvalue weighted by molar-refractivity contribution is -0.116. The quantitative estimate of drug-likeness (QED) is 0.757. The average Bonchev–Trinajstić information content (AvgIpc) is 2.98. The van der Waals surface area contributed by atoms with Crippen LogP contribution in [0.5, 0.6) is 0 Å². The standard InChI is InChI=1S/C19H16ClN3O/c1-12-5-2-3-8-15(12)16-10-18(24)22-19-17(16)11-21-23(19)14-7-4-6-13(20)9-14/h2-9,11,16H,10H2,1H3,(H,22,24)/t16-/m1/s1. The van der Waals surface area contributed by atoms with Crippen LogP contribution in [0.25, 0.3) is 5.69 Å². The Morgan fingerprint density at radius 2 is 2.00 bits per heavy atom. The van der Waals surface area contributed by atoms with Crippen LogP contribution < -0.4 is 5.32 Å². The summed E-state index contributed by atoms with van der Waals surface area (Å²) in [6.45, 7) is 2.07. The zero-order valence-corrected chi connectivity index (χ0v) is 13.9. The summed E-state index contributed by atoms with van der Waals surface area (Å²) in [4.78, 5) is 12.3. The van der Waals surface area contributed by atoms with E-state index in [9.17, 15) is 4.79 Å². The first-order chi connectivity index (χ1) is 11.6. The van der Waals surface area contributed by atoms with Crippen LogP contribution in [-0.4, -0.2) is 15.7 Å². The Hall–Kier alpha value is -2.59. The first-order valence-electron chi connectivity index (χ1n) is 7.83. The third kappa shape index (κ3) is 2.49. The lowest BCUT2D eigenvalue weighted by Gasteiger charge is -2.25. The zero-order valence-electron chi connectivity index (χ0n) is 13.2. The molecule has 120 valence electrons. The van der Waals surface area contributed by atoms with Crippen LogP contribution in [0.15, 0.2) is 54.7 Å². The van der Waals surface area contributed by atoms with E-state index in [1.54, 1.807) is 4.68 Å². The minimum atomic E-state index is -0.000434. The average molecular weight is 338 g/mol. The number of nitrogens with zero attached hydrogens (tertiary/aromatic N) is 2. The maximum Gasteiger partial charge on any atom is 0.226 e. The van der Waals surface area contributed by atoms with Gasteiger partial charge in [-0.15, -0.1) is 0 Å². The second kappa shape index (κ2) is 5.80. The fourth-order valence-corrected chi connectivity index (χ4v) is 3.46. The Labute approximate surface area is 145 Å².